The summed E-state index contributed by atoms with van der Waals surface area (Å²) in [5, 5.41) is 3.58. The second-order valence-corrected chi connectivity index (χ2v) is 7.70. The first-order valence-electron chi connectivity index (χ1n) is 8.28. The van der Waals surface area contributed by atoms with Crippen LogP contribution in [-0.4, -0.2) is 19.7 Å². The summed E-state index contributed by atoms with van der Waals surface area (Å²) in [5.74, 6) is 2.83. The van der Waals surface area contributed by atoms with Gasteiger partial charge in [0.1, 0.15) is 5.75 Å². The molecule has 3 rings (SSSR count). The van der Waals surface area contributed by atoms with Crippen LogP contribution in [0.3, 0.4) is 0 Å². The van der Waals surface area contributed by atoms with E-state index in [1.807, 2.05) is 0 Å². The quantitative estimate of drug-likeness (QED) is 0.870. The van der Waals surface area contributed by atoms with Gasteiger partial charge in [0.25, 0.3) is 0 Å². The molecule has 0 amide bonds. The van der Waals surface area contributed by atoms with E-state index in [-0.39, 0.29) is 0 Å². The normalized spacial score (nSPS) is 26.2. The van der Waals surface area contributed by atoms with Crippen molar-refractivity contribution >= 4 is 15.9 Å². The van der Waals surface area contributed by atoms with Crippen LogP contribution in [-0.2, 0) is 12.8 Å². The van der Waals surface area contributed by atoms with Gasteiger partial charge in [-0.2, -0.15) is 0 Å². The van der Waals surface area contributed by atoms with E-state index in [2.05, 4.69) is 47.4 Å². The highest BCUT2D eigenvalue weighted by Gasteiger charge is 2.27. The first kappa shape index (κ1) is 15.4. The number of ether oxygens (including phenoxy) is 1. The smallest absolute Gasteiger partial charge is 0.125 e. The first-order chi connectivity index (χ1) is 10.2. The molecule has 3 heteroatoms. The van der Waals surface area contributed by atoms with Gasteiger partial charge in [0.05, 0.1) is 6.61 Å². The molecule has 1 N–H and O–H groups in total. The summed E-state index contributed by atoms with van der Waals surface area (Å²) in [6, 6.07) is 5.03. The van der Waals surface area contributed by atoms with Crippen LogP contribution in [0.15, 0.2) is 16.6 Å². The Morgan fingerprint density at radius 1 is 1.38 bits per heavy atom. The SMILES string of the molecule is CNC(Cc1cc(Br)cc2c1OCC2)C1CCCC(C)C1. The van der Waals surface area contributed by atoms with Gasteiger partial charge in [-0.15, -0.1) is 0 Å². The Morgan fingerprint density at radius 2 is 2.24 bits per heavy atom. The highest BCUT2D eigenvalue weighted by molar-refractivity contribution is 9.10. The third-order valence-electron chi connectivity index (χ3n) is 5.18. The molecule has 116 valence electrons. The lowest BCUT2D eigenvalue weighted by atomic mass is 9.77. The zero-order valence-corrected chi connectivity index (χ0v) is 14.7. The summed E-state index contributed by atoms with van der Waals surface area (Å²) < 4.78 is 7.08. The zero-order chi connectivity index (χ0) is 14.8. The van der Waals surface area contributed by atoms with E-state index in [4.69, 9.17) is 4.74 Å². The first-order valence-corrected chi connectivity index (χ1v) is 9.08. The van der Waals surface area contributed by atoms with Crippen LogP contribution in [0.5, 0.6) is 5.75 Å². The molecule has 1 fully saturated rings. The van der Waals surface area contributed by atoms with Gasteiger partial charge in [-0.25, -0.2) is 0 Å². The molecule has 2 nitrogen and oxygen atoms in total. The molecular weight excluding hydrogens is 326 g/mol. The number of hydrogen-bond donors (Lipinski definition) is 1. The Kier molecular flexibility index (Phi) is 4.90. The van der Waals surface area contributed by atoms with Crippen LogP contribution in [0.25, 0.3) is 0 Å². The molecule has 0 aromatic heterocycles. The predicted octanol–water partition coefficient (Wildman–Crippen LogP) is 4.34. The topological polar surface area (TPSA) is 21.3 Å². The van der Waals surface area contributed by atoms with E-state index in [9.17, 15) is 0 Å². The predicted molar refractivity (Wildman–Crippen MR) is 91.0 cm³/mol. The highest BCUT2D eigenvalue weighted by Crippen LogP contribution is 2.36. The monoisotopic (exact) mass is 351 g/mol. The molecule has 3 unspecified atom stereocenters. The van der Waals surface area contributed by atoms with Gasteiger partial charge in [0.2, 0.25) is 0 Å². The molecule has 0 bridgehead atoms. The highest BCUT2D eigenvalue weighted by atomic mass is 79.9. The third kappa shape index (κ3) is 3.45. The summed E-state index contributed by atoms with van der Waals surface area (Å²) in [5.41, 5.74) is 2.74. The Labute approximate surface area is 136 Å². The van der Waals surface area contributed by atoms with Crippen molar-refractivity contribution in [1.29, 1.82) is 0 Å². The number of benzene rings is 1. The van der Waals surface area contributed by atoms with Gasteiger partial charge in [-0.1, -0.05) is 35.7 Å². The Morgan fingerprint density at radius 3 is 3.00 bits per heavy atom. The average Bonchev–Trinajstić information content (AvgIpc) is 2.92. The second-order valence-electron chi connectivity index (χ2n) is 6.78. The molecule has 1 aromatic carbocycles. The molecule has 0 saturated heterocycles. The molecule has 1 heterocycles. The molecule has 0 radical (unpaired) electrons. The summed E-state index contributed by atoms with van der Waals surface area (Å²) in [6.45, 7) is 3.24. The number of halogens is 1. The Bertz CT molecular complexity index is 502. The van der Waals surface area contributed by atoms with Crippen molar-refractivity contribution < 1.29 is 4.74 Å². The van der Waals surface area contributed by atoms with Crippen molar-refractivity contribution in [2.45, 2.75) is 51.5 Å². The number of nitrogens with one attached hydrogen (secondary N) is 1. The molecule has 1 saturated carbocycles. The molecular formula is C18H26BrNO. The molecule has 1 aliphatic carbocycles. The second kappa shape index (κ2) is 6.70. The number of fused-ring (bicyclic) bond motifs is 1. The fourth-order valence-corrected chi connectivity index (χ4v) is 4.64. The maximum atomic E-state index is 5.89. The third-order valence-corrected chi connectivity index (χ3v) is 5.64. The van der Waals surface area contributed by atoms with E-state index in [0.717, 1.165) is 37.0 Å². The standard InChI is InChI=1S/C18H26BrNO/c1-12-4-3-5-13(8-12)17(20-2)11-15-10-16(19)9-14-6-7-21-18(14)15/h9-10,12-13,17,20H,3-8,11H2,1-2H3. The fourth-order valence-electron chi connectivity index (χ4n) is 4.09. The minimum atomic E-state index is 0.565. The lowest BCUT2D eigenvalue weighted by Crippen LogP contribution is -2.38. The lowest BCUT2D eigenvalue weighted by molar-refractivity contribution is 0.226. The minimum absolute atomic E-state index is 0.565. The molecule has 3 atom stereocenters. The maximum Gasteiger partial charge on any atom is 0.125 e. The van der Waals surface area contributed by atoms with E-state index < -0.39 is 0 Å². The van der Waals surface area contributed by atoms with Crippen molar-refractivity contribution in [1.82, 2.24) is 5.32 Å². The molecule has 1 aliphatic heterocycles. The van der Waals surface area contributed by atoms with E-state index in [1.165, 1.54) is 41.3 Å². The maximum absolute atomic E-state index is 5.89. The van der Waals surface area contributed by atoms with Crippen molar-refractivity contribution in [3.8, 4) is 5.75 Å². The van der Waals surface area contributed by atoms with Crippen molar-refractivity contribution in [2.75, 3.05) is 13.7 Å². The lowest BCUT2D eigenvalue weighted by Gasteiger charge is -2.33. The molecule has 21 heavy (non-hydrogen) atoms. The van der Waals surface area contributed by atoms with Crippen molar-refractivity contribution in [3.63, 3.8) is 0 Å². The van der Waals surface area contributed by atoms with Crippen molar-refractivity contribution in [2.24, 2.45) is 11.8 Å². The average molecular weight is 352 g/mol. The number of hydrogen-bond acceptors (Lipinski definition) is 2. The van der Waals surface area contributed by atoms with E-state index in [0.29, 0.717) is 6.04 Å². The van der Waals surface area contributed by atoms with Gasteiger partial charge in [0, 0.05) is 16.9 Å². The summed E-state index contributed by atoms with van der Waals surface area (Å²) in [7, 11) is 2.11. The number of likely N-dealkylation sites (N-methyl/N-ethyl adjacent to an activating group) is 1. The Balaban J connectivity index is 1.78. The van der Waals surface area contributed by atoms with Gasteiger partial charge >= 0.3 is 0 Å². The minimum Gasteiger partial charge on any atom is -0.493 e. The summed E-state index contributed by atoms with van der Waals surface area (Å²) >= 11 is 3.66. The van der Waals surface area contributed by atoms with Crippen LogP contribution in [0.1, 0.15) is 43.7 Å². The Hall–Kier alpha value is -0.540. The van der Waals surface area contributed by atoms with Crippen LogP contribution < -0.4 is 10.1 Å². The number of rotatable bonds is 4. The van der Waals surface area contributed by atoms with Crippen LogP contribution >= 0.6 is 15.9 Å². The van der Waals surface area contributed by atoms with Gasteiger partial charge in [-0.3, -0.25) is 0 Å². The van der Waals surface area contributed by atoms with Crippen molar-refractivity contribution in [3.05, 3.63) is 27.7 Å². The summed E-state index contributed by atoms with van der Waals surface area (Å²) in [4.78, 5) is 0. The van der Waals surface area contributed by atoms with Gasteiger partial charge < -0.3 is 10.1 Å². The molecule has 1 aromatic rings. The largest absolute Gasteiger partial charge is 0.493 e. The zero-order valence-electron chi connectivity index (χ0n) is 13.1. The van der Waals surface area contributed by atoms with Crippen LogP contribution in [0.2, 0.25) is 0 Å². The van der Waals surface area contributed by atoms with Crippen LogP contribution in [0, 0.1) is 11.8 Å². The van der Waals surface area contributed by atoms with Gasteiger partial charge in [-0.05, 0) is 61.4 Å². The summed E-state index contributed by atoms with van der Waals surface area (Å²) in [6.07, 6.45) is 7.65. The van der Waals surface area contributed by atoms with Gasteiger partial charge in [0.15, 0.2) is 0 Å². The van der Waals surface area contributed by atoms with E-state index in [1.54, 1.807) is 0 Å². The molecule has 2 aliphatic rings. The molecule has 0 spiro atoms. The van der Waals surface area contributed by atoms with Crippen LogP contribution in [0.4, 0.5) is 0 Å². The fraction of sp³-hybridized carbons (Fsp3) is 0.667. The van der Waals surface area contributed by atoms with E-state index >= 15 is 0 Å².